The van der Waals surface area contributed by atoms with Crippen molar-refractivity contribution < 1.29 is 14.3 Å². The van der Waals surface area contributed by atoms with Gasteiger partial charge in [-0.3, -0.25) is 4.79 Å². The molecular formula is C21H32N4O3. The highest BCUT2D eigenvalue weighted by Crippen LogP contribution is 2.44. The molecule has 0 bridgehead atoms. The monoisotopic (exact) mass is 388 g/mol. The minimum absolute atomic E-state index is 0.0598. The molecule has 0 saturated heterocycles. The molecule has 3 N–H and O–H groups in total. The number of guanidine groups is 1. The van der Waals surface area contributed by atoms with Crippen LogP contribution in [0.25, 0.3) is 0 Å². The van der Waals surface area contributed by atoms with Crippen molar-refractivity contribution in [2.75, 3.05) is 25.1 Å². The van der Waals surface area contributed by atoms with E-state index in [0.29, 0.717) is 25.2 Å². The van der Waals surface area contributed by atoms with E-state index in [1.54, 1.807) is 0 Å². The molecule has 1 unspecified atom stereocenters. The number of rotatable bonds is 4. The molecule has 1 aromatic rings. The van der Waals surface area contributed by atoms with Crippen molar-refractivity contribution in [1.29, 1.82) is 0 Å². The topological polar surface area (TPSA) is 84.0 Å². The first-order valence-corrected chi connectivity index (χ1v) is 9.91. The van der Waals surface area contributed by atoms with Crippen molar-refractivity contribution in [3.8, 4) is 11.5 Å². The number of aliphatic imine (C=N–C) groups is 1. The van der Waals surface area contributed by atoms with Gasteiger partial charge in [-0.2, -0.15) is 0 Å². The molecule has 1 aliphatic heterocycles. The Labute approximate surface area is 167 Å². The molecule has 1 aromatic carbocycles. The molecule has 0 radical (unpaired) electrons. The zero-order valence-electron chi connectivity index (χ0n) is 17.5. The third-order valence-corrected chi connectivity index (χ3v) is 4.73. The van der Waals surface area contributed by atoms with E-state index in [1.807, 2.05) is 39.0 Å². The van der Waals surface area contributed by atoms with Gasteiger partial charge in [0, 0.05) is 29.8 Å². The Morgan fingerprint density at radius 2 is 1.89 bits per heavy atom. The predicted molar refractivity (Wildman–Crippen MR) is 111 cm³/mol. The molecule has 1 atom stereocenters. The minimum atomic E-state index is -0.277. The van der Waals surface area contributed by atoms with Gasteiger partial charge in [0.1, 0.15) is 6.54 Å². The Morgan fingerprint density at radius 3 is 2.54 bits per heavy atom. The summed E-state index contributed by atoms with van der Waals surface area (Å²) in [6.45, 7) is 11.6. The third kappa shape index (κ3) is 5.78. The maximum Gasteiger partial charge on any atom is 0.242 e. The van der Waals surface area contributed by atoms with E-state index in [2.05, 4.69) is 34.8 Å². The highest BCUT2D eigenvalue weighted by molar-refractivity contribution is 5.95. The third-order valence-electron chi connectivity index (χ3n) is 4.73. The molecule has 7 nitrogen and oxygen atoms in total. The fraction of sp³-hybridized carbons (Fsp3) is 0.619. The van der Waals surface area contributed by atoms with Gasteiger partial charge in [0.15, 0.2) is 17.5 Å². The smallest absolute Gasteiger partial charge is 0.242 e. The maximum atomic E-state index is 12.2. The molecule has 2 aliphatic rings. The zero-order chi connectivity index (χ0) is 20.4. The van der Waals surface area contributed by atoms with Crippen LogP contribution in [0.3, 0.4) is 0 Å². The van der Waals surface area contributed by atoms with Gasteiger partial charge in [0.25, 0.3) is 0 Å². The number of carbonyl (C=O) groups excluding carboxylic acids is 1. The molecule has 1 amide bonds. The second-order valence-corrected chi connectivity index (χ2v) is 9.19. The number of amides is 1. The Balaban J connectivity index is 1.71. The highest BCUT2D eigenvalue weighted by Gasteiger charge is 2.46. The van der Waals surface area contributed by atoms with E-state index in [1.165, 1.54) is 0 Å². The van der Waals surface area contributed by atoms with Crippen molar-refractivity contribution in [1.82, 2.24) is 10.6 Å². The molecule has 1 saturated carbocycles. The van der Waals surface area contributed by atoms with Crippen molar-refractivity contribution in [3.63, 3.8) is 0 Å². The van der Waals surface area contributed by atoms with Gasteiger partial charge >= 0.3 is 0 Å². The Kier molecular flexibility index (Phi) is 5.72. The van der Waals surface area contributed by atoms with Crippen molar-refractivity contribution >= 4 is 17.6 Å². The van der Waals surface area contributed by atoms with Crippen LogP contribution < -0.4 is 25.4 Å². The lowest BCUT2D eigenvalue weighted by Gasteiger charge is -2.20. The Morgan fingerprint density at radius 1 is 1.21 bits per heavy atom. The lowest BCUT2D eigenvalue weighted by Crippen LogP contribution is -2.42. The number of anilines is 1. The first-order valence-electron chi connectivity index (χ1n) is 9.91. The number of nitrogens with one attached hydrogen (secondary N) is 3. The summed E-state index contributed by atoms with van der Waals surface area (Å²) in [6.07, 6.45) is 1.94. The number of ether oxygens (including phenoxy) is 2. The molecule has 7 heteroatoms. The summed E-state index contributed by atoms with van der Waals surface area (Å²) < 4.78 is 11.4. The summed E-state index contributed by atoms with van der Waals surface area (Å²) in [5.74, 6) is 1.96. The van der Waals surface area contributed by atoms with Gasteiger partial charge in [0.05, 0.1) is 13.2 Å². The van der Waals surface area contributed by atoms with Gasteiger partial charge in [-0.05, 0) is 44.7 Å². The summed E-state index contributed by atoms with van der Waals surface area (Å²) in [5, 5.41) is 9.66. The SMILES string of the molecule is CC(C)(C)NC(=O)CN=C(Nc1ccc2c(c1)OCCCO2)NC1CC1(C)C. The number of hydrogen-bond donors (Lipinski definition) is 3. The summed E-state index contributed by atoms with van der Waals surface area (Å²) in [5.41, 5.74) is 0.798. The molecule has 3 rings (SSSR count). The first-order chi connectivity index (χ1) is 13.1. The van der Waals surface area contributed by atoms with E-state index in [-0.39, 0.29) is 23.4 Å². The van der Waals surface area contributed by atoms with Crippen molar-refractivity contribution in [3.05, 3.63) is 18.2 Å². The largest absolute Gasteiger partial charge is 0.490 e. The fourth-order valence-electron chi connectivity index (χ4n) is 2.99. The van der Waals surface area contributed by atoms with Gasteiger partial charge in [-0.25, -0.2) is 4.99 Å². The van der Waals surface area contributed by atoms with E-state index >= 15 is 0 Å². The van der Waals surface area contributed by atoms with Crippen LogP contribution in [0, 0.1) is 5.41 Å². The molecular weight excluding hydrogens is 356 g/mol. The van der Waals surface area contributed by atoms with Crippen LogP contribution in [0.4, 0.5) is 5.69 Å². The first kappa shape index (κ1) is 20.3. The number of carbonyl (C=O) groups is 1. The van der Waals surface area contributed by atoms with Crippen LogP contribution in [-0.4, -0.2) is 43.2 Å². The number of benzene rings is 1. The fourth-order valence-corrected chi connectivity index (χ4v) is 2.99. The second-order valence-electron chi connectivity index (χ2n) is 9.19. The lowest BCUT2D eigenvalue weighted by molar-refractivity contribution is -0.121. The molecule has 1 aliphatic carbocycles. The number of fused-ring (bicyclic) bond motifs is 1. The normalized spacial score (nSPS) is 20.8. The Hall–Kier alpha value is -2.44. The van der Waals surface area contributed by atoms with Crippen LogP contribution in [0.2, 0.25) is 0 Å². The molecule has 0 spiro atoms. The standard InChI is InChI=1S/C21H32N4O3/c1-20(2,3)25-18(26)13-22-19(24-17-12-21(17,4)5)23-14-7-8-15-16(11-14)28-10-6-9-27-15/h7-8,11,17H,6,9-10,12-13H2,1-5H3,(H,25,26)(H2,22,23,24). The summed E-state index contributed by atoms with van der Waals surface area (Å²) in [7, 11) is 0. The predicted octanol–water partition coefficient (Wildman–Crippen LogP) is 2.92. The summed E-state index contributed by atoms with van der Waals surface area (Å²) in [6, 6.07) is 6.07. The van der Waals surface area contributed by atoms with E-state index in [9.17, 15) is 4.79 Å². The maximum absolute atomic E-state index is 12.2. The number of nitrogens with zero attached hydrogens (tertiary/aromatic N) is 1. The lowest BCUT2D eigenvalue weighted by atomic mass is 10.1. The molecule has 28 heavy (non-hydrogen) atoms. The average molecular weight is 389 g/mol. The zero-order valence-corrected chi connectivity index (χ0v) is 17.5. The van der Waals surface area contributed by atoms with Gasteiger partial charge in [0.2, 0.25) is 5.91 Å². The molecule has 1 fully saturated rings. The van der Waals surface area contributed by atoms with Crippen LogP contribution >= 0.6 is 0 Å². The van der Waals surface area contributed by atoms with Crippen LogP contribution in [0.15, 0.2) is 23.2 Å². The molecule has 0 aromatic heterocycles. The highest BCUT2D eigenvalue weighted by atomic mass is 16.5. The van der Waals surface area contributed by atoms with Gasteiger partial charge in [-0.1, -0.05) is 13.8 Å². The quantitative estimate of drug-likeness (QED) is 0.546. The number of hydrogen-bond acceptors (Lipinski definition) is 4. The summed E-state index contributed by atoms with van der Waals surface area (Å²) >= 11 is 0. The minimum Gasteiger partial charge on any atom is -0.490 e. The molecule has 154 valence electrons. The van der Waals surface area contributed by atoms with Crippen LogP contribution in [0.5, 0.6) is 11.5 Å². The van der Waals surface area contributed by atoms with Crippen LogP contribution in [-0.2, 0) is 4.79 Å². The summed E-state index contributed by atoms with van der Waals surface area (Å²) in [4.78, 5) is 16.7. The van der Waals surface area contributed by atoms with E-state index in [4.69, 9.17) is 9.47 Å². The second kappa shape index (κ2) is 7.89. The van der Waals surface area contributed by atoms with Crippen molar-refractivity contribution in [2.45, 2.75) is 59.0 Å². The average Bonchev–Trinajstić information content (AvgIpc) is 3.25. The van der Waals surface area contributed by atoms with Gasteiger partial charge in [-0.15, -0.1) is 0 Å². The van der Waals surface area contributed by atoms with Crippen LogP contribution in [0.1, 0.15) is 47.5 Å². The van der Waals surface area contributed by atoms with Gasteiger partial charge < -0.3 is 25.4 Å². The molecule has 1 heterocycles. The van der Waals surface area contributed by atoms with E-state index in [0.717, 1.165) is 30.0 Å². The van der Waals surface area contributed by atoms with Crippen molar-refractivity contribution in [2.24, 2.45) is 10.4 Å². The van der Waals surface area contributed by atoms with E-state index < -0.39 is 0 Å². The Bertz CT molecular complexity index is 753.